The Morgan fingerprint density at radius 1 is 1.07 bits per heavy atom. The molecule has 0 atom stereocenters. The van der Waals surface area contributed by atoms with Crippen LogP contribution in [0.15, 0.2) is 41.0 Å². The number of fused-ring (bicyclic) bond motifs is 1. The molecular formula is C12H10O2. The highest BCUT2D eigenvalue weighted by Gasteiger charge is 2.17. The van der Waals surface area contributed by atoms with Gasteiger partial charge in [0.25, 0.3) is 0 Å². The molecule has 14 heavy (non-hydrogen) atoms. The van der Waals surface area contributed by atoms with Gasteiger partial charge in [0, 0.05) is 17.5 Å². The van der Waals surface area contributed by atoms with Crippen LogP contribution in [0.1, 0.15) is 5.56 Å². The number of rotatable bonds is 1. The molecule has 0 amide bonds. The van der Waals surface area contributed by atoms with Crippen molar-refractivity contribution in [1.82, 2.24) is 0 Å². The van der Waals surface area contributed by atoms with Gasteiger partial charge in [-0.05, 0) is 18.2 Å². The zero-order valence-electron chi connectivity index (χ0n) is 7.69. The van der Waals surface area contributed by atoms with Crippen LogP contribution in [0.3, 0.4) is 0 Å². The average molecular weight is 186 g/mol. The van der Waals surface area contributed by atoms with E-state index in [1.165, 1.54) is 5.56 Å². The van der Waals surface area contributed by atoms with Crippen molar-refractivity contribution >= 4 is 0 Å². The Labute approximate surface area is 82.1 Å². The molecule has 0 saturated heterocycles. The standard InChI is InChI=1S/C12H10O2/c1-3-9(12-5-2-7-13-12)10-6-8-14-11(10)4-1/h1-5,7H,6,8H2. The molecule has 0 fully saturated rings. The lowest BCUT2D eigenvalue weighted by Crippen LogP contribution is -1.86. The topological polar surface area (TPSA) is 22.4 Å². The predicted molar refractivity (Wildman–Crippen MR) is 53.3 cm³/mol. The lowest BCUT2D eigenvalue weighted by molar-refractivity contribution is 0.357. The highest BCUT2D eigenvalue weighted by molar-refractivity contribution is 5.66. The van der Waals surface area contributed by atoms with E-state index in [1.807, 2.05) is 24.3 Å². The molecule has 70 valence electrons. The molecule has 0 saturated carbocycles. The molecule has 1 aromatic heterocycles. The zero-order chi connectivity index (χ0) is 9.38. The van der Waals surface area contributed by atoms with E-state index in [-0.39, 0.29) is 0 Å². The fourth-order valence-corrected chi connectivity index (χ4v) is 1.88. The Kier molecular flexibility index (Phi) is 1.60. The van der Waals surface area contributed by atoms with Crippen molar-refractivity contribution in [2.75, 3.05) is 6.61 Å². The maximum Gasteiger partial charge on any atom is 0.134 e. The van der Waals surface area contributed by atoms with Gasteiger partial charge in [-0.1, -0.05) is 12.1 Å². The first kappa shape index (κ1) is 7.68. The summed E-state index contributed by atoms with van der Waals surface area (Å²) in [5.74, 6) is 1.92. The number of hydrogen-bond donors (Lipinski definition) is 0. The fourth-order valence-electron chi connectivity index (χ4n) is 1.88. The summed E-state index contributed by atoms with van der Waals surface area (Å²) in [4.78, 5) is 0. The Morgan fingerprint density at radius 2 is 2.07 bits per heavy atom. The molecule has 1 aromatic carbocycles. The monoisotopic (exact) mass is 186 g/mol. The quantitative estimate of drug-likeness (QED) is 0.683. The molecule has 0 aliphatic carbocycles. The van der Waals surface area contributed by atoms with Crippen LogP contribution in [0, 0.1) is 0 Å². The Hall–Kier alpha value is -1.70. The summed E-state index contributed by atoms with van der Waals surface area (Å²) in [5.41, 5.74) is 2.42. The molecular weight excluding hydrogens is 176 g/mol. The molecule has 0 N–H and O–H groups in total. The number of hydrogen-bond acceptors (Lipinski definition) is 2. The Balaban J connectivity index is 2.20. The summed E-state index contributed by atoms with van der Waals surface area (Å²) in [6.45, 7) is 0.785. The van der Waals surface area contributed by atoms with E-state index >= 15 is 0 Å². The highest BCUT2D eigenvalue weighted by atomic mass is 16.5. The number of furan rings is 1. The van der Waals surface area contributed by atoms with Crippen LogP contribution in [0.25, 0.3) is 11.3 Å². The maximum atomic E-state index is 5.50. The van der Waals surface area contributed by atoms with Gasteiger partial charge in [0.1, 0.15) is 11.5 Å². The van der Waals surface area contributed by atoms with Crippen LogP contribution in [-0.2, 0) is 6.42 Å². The van der Waals surface area contributed by atoms with Gasteiger partial charge < -0.3 is 9.15 Å². The molecule has 1 aliphatic heterocycles. The minimum atomic E-state index is 0.785. The van der Waals surface area contributed by atoms with Gasteiger partial charge in [0.05, 0.1) is 12.9 Å². The first-order valence-corrected chi connectivity index (χ1v) is 4.74. The molecule has 2 aromatic rings. The van der Waals surface area contributed by atoms with Gasteiger partial charge in [-0.25, -0.2) is 0 Å². The van der Waals surface area contributed by atoms with E-state index in [2.05, 4.69) is 6.07 Å². The first-order valence-electron chi connectivity index (χ1n) is 4.74. The van der Waals surface area contributed by atoms with Crippen LogP contribution in [0.5, 0.6) is 5.75 Å². The zero-order valence-corrected chi connectivity index (χ0v) is 7.69. The minimum Gasteiger partial charge on any atom is -0.493 e. The van der Waals surface area contributed by atoms with Crippen molar-refractivity contribution in [3.8, 4) is 17.1 Å². The van der Waals surface area contributed by atoms with Gasteiger partial charge in [0.15, 0.2) is 0 Å². The van der Waals surface area contributed by atoms with E-state index in [1.54, 1.807) is 6.26 Å². The van der Waals surface area contributed by atoms with Gasteiger partial charge in [-0.2, -0.15) is 0 Å². The van der Waals surface area contributed by atoms with E-state index < -0.39 is 0 Å². The summed E-state index contributed by atoms with van der Waals surface area (Å²) < 4.78 is 10.9. The van der Waals surface area contributed by atoms with Crippen LogP contribution < -0.4 is 4.74 Å². The minimum absolute atomic E-state index is 0.785. The summed E-state index contributed by atoms with van der Waals surface area (Å²) in [7, 11) is 0. The van der Waals surface area contributed by atoms with E-state index in [0.29, 0.717) is 0 Å². The van der Waals surface area contributed by atoms with Crippen LogP contribution in [-0.4, -0.2) is 6.61 Å². The third-order valence-electron chi connectivity index (χ3n) is 2.53. The SMILES string of the molecule is c1coc(-c2cccc3c2CCO3)c1. The highest BCUT2D eigenvalue weighted by Crippen LogP contribution is 2.34. The second-order valence-electron chi connectivity index (χ2n) is 3.36. The molecule has 3 rings (SSSR count). The maximum absolute atomic E-state index is 5.50. The summed E-state index contributed by atoms with van der Waals surface area (Å²) in [6, 6.07) is 9.97. The number of benzene rings is 1. The average Bonchev–Trinajstić information content (AvgIpc) is 2.88. The molecule has 0 bridgehead atoms. The van der Waals surface area contributed by atoms with Gasteiger partial charge in [0.2, 0.25) is 0 Å². The van der Waals surface area contributed by atoms with Crippen molar-refractivity contribution in [1.29, 1.82) is 0 Å². The number of ether oxygens (including phenoxy) is 1. The van der Waals surface area contributed by atoms with Crippen molar-refractivity contribution < 1.29 is 9.15 Å². The third-order valence-corrected chi connectivity index (χ3v) is 2.53. The molecule has 0 radical (unpaired) electrons. The predicted octanol–water partition coefficient (Wildman–Crippen LogP) is 2.88. The summed E-state index contributed by atoms with van der Waals surface area (Å²) in [5, 5.41) is 0. The molecule has 0 unspecified atom stereocenters. The molecule has 1 aliphatic rings. The lowest BCUT2D eigenvalue weighted by Gasteiger charge is -2.03. The molecule has 2 heterocycles. The normalized spacial score (nSPS) is 13.7. The van der Waals surface area contributed by atoms with Crippen molar-refractivity contribution in [2.24, 2.45) is 0 Å². The van der Waals surface area contributed by atoms with Crippen LogP contribution >= 0.6 is 0 Å². The van der Waals surface area contributed by atoms with Crippen molar-refractivity contribution in [2.45, 2.75) is 6.42 Å². The van der Waals surface area contributed by atoms with Gasteiger partial charge in [-0.3, -0.25) is 0 Å². The lowest BCUT2D eigenvalue weighted by atomic mass is 10.0. The van der Waals surface area contributed by atoms with Gasteiger partial charge >= 0.3 is 0 Å². The summed E-state index contributed by atoms with van der Waals surface area (Å²) in [6.07, 6.45) is 2.68. The van der Waals surface area contributed by atoms with E-state index in [0.717, 1.165) is 30.1 Å². The van der Waals surface area contributed by atoms with Crippen LogP contribution in [0.4, 0.5) is 0 Å². The largest absolute Gasteiger partial charge is 0.493 e. The van der Waals surface area contributed by atoms with Gasteiger partial charge in [-0.15, -0.1) is 0 Å². The van der Waals surface area contributed by atoms with Crippen molar-refractivity contribution in [3.63, 3.8) is 0 Å². The molecule has 0 spiro atoms. The third kappa shape index (κ3) is 1.04. The fraction of sp³-hybridized carbons (Fsp3) is 0.167. The Morgan fingerprint density at radius 3 is 2.93 bits per heavy atom. The first-order chi connectivity index (χ1) is 6.95. The Bertz CT molecular complexity index is 443. The van der Waals surface area contributed by atoms with E-state index in [4.69, 9.17) is 9.15 Å². The second kappa shape index (κ2) is 2.91. The van der Waals surface area contributed by atoms with E-state index in [9.17, 15) is 0 Å². The second-order valence-corrected chi connectivity index (χ2v) is 3.36. The molecule has 2 nitrogen and oxygen atoms in total. The smallest absolute Gasteiger partial charge is 0.134 e. The van der Waals surface area contributed by atoms with Crippen molar-refractivity contribution in [3.05, 3.63) is 42.2 Å². The van der Waals surface area contributed by atoms with Crippen LogP contribution in [0.2, 0.25) is 0 Å². The molecule has 2 heteroatoms. The summed E-state index contributed by atoms with van der Waals surface area (Å²) >= 11 is 0.